The maximum atomic E-state index is 13.3. The van der Waals surface area contributed by atoms with Crippen LogP contribution in [0.1, 0.15) is 34.9 Å². The zero-order valence-electron chi connectivity index (χ0n) is 19.0. The van der Waals surface area contributed by atoms with Crippen molar-refractivity contribution in [1.82, 2.24) is 25.0 Å². The van der Waals surface area contributed by atoms with Gasteiger partial charge < -0.3 is 10.2 Å². The lowest BCUT2D eigenvalue weighted by Gasteiger charge is -2.39. The first kappa shape index (κ1) is 24.8. The average Bonchev–Trinajstić information content (AvgIpc) is 3.15. The van der Waals surface area contributed by atoms with Gasteiger partial charge in [0.25, 0.3) is 17.7 Å². The van der Waals surface area contributed by atoms with E-state index in [0.29, 0.717) is 10.9 Å². The van der Waals surface area contributed by atoms with Gasteiger partial charge in [-0.3, -0.25) is 19.3 Å². The van der Waals surface area contributed by atoms with Crippen molar-refractivity contribution in [2.24, 2.45) is 0 Å². The standard InChI is InChI=1S/C24H19F6N5O2/c1-12(25)22(37)34-10-15(11-34)35-20-16(19(33-35)13-5-6-18(31-9-13)24(28,29)30)3-2-4-17(20)21(36)32-14-7-23(26,27)8-14/h2-6,9,14-15H,1,7-8,10-11H2,(H,32,36). The van der Waals surface area contributed by atoms with Crippen LogP contribution in [0.15, 0.2) is 48.9 Å². The number of para-hydroxylation sites is 1. The predicted molar refractivity (Wildman–Crippen MR) is 119 cm³/mol. The molecule has 2 fully saturated rings. The maximum Gasteiger partial charge on any atom is 0.433 e. The Bertz CT molecular complexity index is 1400. The molecular weight excluding hydrogens is 504 g/mol. The number of alkyl halides is 5. The fourth-order valence-corrected chi connectivity index (χ4v) is 4.53. The highest BCUT2D eigenvalue weighted by atomic mass is 19.4. The van der Waals surface area contributed by atoms with Gasteiger partial charge in [-0.1, -0.05) is 18.7 Å². The molecule has 2 amide bonds. The second-order valence-electron chi connectivity index (χ2n) is 9.13. The first-order valence-electron chi connectivity index (χ1n) is 11.2. The van der Waals surface area contributed by atoms with E-state index in [2.05, 4.69) is 22.0 Å². The van der Waals surface area contributed by atoms with Gasteiger partial charge in [0.1, 0.15) is 11.4 Å². The summed E-state index contributed by atoms with van der Waals surface area (Å²) >= 11 is 0. The molecule has 13 heteroatoms. The zero-order valence-corrected chi connectivity index (χ0v) is 19.0. The third-order valence-electron chi connectivity index (χ3n) is 6.45. The fraction of sp³-hybridized carbons (Fsp3) is 0.333. The summed E-state index contributed by atoms with van der Waals surface area (Å²) in [6, 6.07) is 5.46. The lowest BCUT2D eigenvalue weighted by Crippen LogP contribution is -2.51. The number of hydrogen-bond acceptors (Lipinski definition) is 4. The molecule has 1 aliphatic heterocycles. The zero-order chi connectivity index (χ0) is 26.7. The normalized spacial score (nSPS) is 17.8. The van der Waals surface area contributed by atoms with Crippen LogP contribution in [-0.4, -0.2) is 56.5 Å². The van der Waals surface area contributed by atoms with Crippen LogP contribution in [-0.2, 0) is 11.0 Å². The molecule has 0 atom stereocenters. The minimum Gasteiger partial charge on any atom is -0.349 e. The molecule has 0 radical (unpaired) electrons. The lowest BCUT2D eigenvalue weighted by molar-refractivity contribution is -0.141. The molecule has 194 valence electrons. The Morgan fingerprint density at radius 1 is 1.11 bits per heavy atom. The van der Waals surface area contributed by atoms with E-state index in [9.17, 15) is 35.9 Å². The smallest absolute Gasteiger partial charge is 0.349 e. The van der Waals surface area contributed by atoms with E-state index in [-0.39, 0.29) is 29.9 Å². The molecule has 1 saturated carbocycles. The van der Waals surface area contributed by atoms with Crippen molar-refractivity contribution in [3.05, 3.63) is 60.2 Å². The number of nitrogens with one attached hydrogen (secondary N) is 1. The highest BCUT2D eigenvalue weighted by Crippen LogP contribution is 2.39. The highest BCUT2D eigenvalue weighted by molar-refractivity contribution is 6.09. The van der Waals surface area contributed by atoms with Crippen molar-refractivity contribution in [2.45, 2.75) is 37.0 Å². The van der Waals surface area contributed by atoms with Gasteiger partial charge >= 0.3 is 6.18 Å². The van der Waals surface area contributed by atoms with Gasteiger partial charge in [-0.25, -0.2) is 13.2 Å². The second-order valence-corrected chi connectivity index (χ2v) is 9.13. The van der Waals surface area contributed by atoms with E-state index in [1.807, 2.05) is 0 Å². The molecule has 2 aromatic heterocycles. The van der Waals surface area contributed by atoms with Crippen molar-refractivity contribution in [1.29, 1.82) is 0 Å². The number of nitrogens with zero attached hydrogens (tertiary/aromatic N) is 4. The Morgan fingerprint density at radius 2 is 1.81 bits per heavy atom. The van der Waals surface area contributed by atoms with Gasteiger partial charge in [0, 0.05) is 49.1 Å². The van der Waals surface area contributed by atoms with Crippen molar-refractivity contribution in [2.75, 3.05) is 13.1 Å². The van der Waals surface area contributed by atoms with Crippen LogP contribution in [0.4, 0.5) is 26.3 Å². The number of likely N-dealkylation sites (tertiary alicyclic amines) is 1. The van der Waals surface area contributed by atoms with E-state index in [1.165, 1.54) is 21.7 Å². The maximum absolute atomic E-state index is 13.3. The molecule has 2 aliphatic rings. The Labute approximate surface area is 205 Å². The summed E-state index contributed by atoms with van der Waals surface area (Å²) in [7, 11) is 0. The van der Waals surface area contributed by atoms with Crippen LogP contribution in [0.5, 0.6) is 0 Å². The SMILES string of the molecule is C=C(F)C(=O)N1CC(n2nc(-c3ccc(C(F)(F)F)nc3)c3cccc(C(=O)NC4CC(F)(F)C4)c32)C1. The van der Waals surface area contributed by atoms with Crippen LogP contribution < -0.4 is 5.32 Å². The Hall–Kier alpha value is -3.90. The van der Waals surface area contributed by atoms with Crippen molar-refractivity contribution < 1.29 is 35.9 Å². The summed E-state index contributed by atoms with van der Waals surface area (Å²) in [5, 5.41) is 7.52. The van der Waals surface area contributed by atoms with Crippen LogP contribution in [0.3, 0.4) is 0 Å². The summed E-state index contributed by atoms with van der Waals surface area (Å²) in [5.74, 6) is -5.47. The molecule has 3 heterocycles. The number of amides is 2. The van der Waals surface area contributed by atoms with Crippen LogP contribution in [0, 0.1) is 0 Å². The summed E-state index contributed by atoms with van der Waals surface area (Å²) in [5.41, 5.74) is -0.182. The van der Waals surface area contributed by atoms with Crippen molar-refractivity contribution >= 4 is 22.7 Å². The van der Waals surface area contributed by atoms with Crippen molar-refractivity contribution in [3.8, 4) is 11.3 Å². The van der Waals surface area contributed by atoms with Gasteiger partial charge in [0.2, 0.25) is 0 Å². The molecular formula is C24H19F6N5O2. The number of hydrogen-bond donors (Lipinski definition) is 1. The third kappa shape index (κ3) is 4.53. The topological polar surface area (TPSA) is 80.1 Å². The largest absolute Gasteiger partial charge is 0.433 e. The fourth-order valence-electron chi connectivity index (χ4n) is 4.53. The van der Waals surface area contributed by atoms with Gasteiger partial charge in [0.05, 0.1) is 17.1 Å². The summed E-state index contributed by atoms with van der Waals surface area (Å²) < 4.78 is 80.2. The Morgan fingerprint density at radius 3 is 2.38 bits per heavy atom. The molecule has 0 spiro atoms. The lowest BCUT2D eigenvalue weighted by atomic mass is 9.88. The van der Waals surface area contributed by atoms with Crippen LogP contribution in [0.2, 0.25) is 0 Å². The second kappa shape index (κ2) is 8.60. The average molecular weight is 523 g/mol. The number of rotatable bonds is 5. The first-order chi connectivity index (χ1) is 17.3. The van der Waals surface area contributed by atoms with Crippen LogP contribution in [0.25, 0.3) is 22.2 Å². The van der Waals surface area contributed by atoms with Gasteiger partial charge in [-0.15, -0.1) is 0 Å². The third-order valence-corrected chi connectivity index (χ3v) is 6.45. The Balaban J connectivity index is 1.54. The monoisotopic (exact) mass is 523 g/mol. The number of benzene rings is 1. The molecule has 3 aromatic rings. The number of pyridine rings is 1. The molecule has 1 N–H and O–H groups in total. The quantitative estimate of drug-likeness (QED) is 0.394. The Kier molecular flexibility index (Phi) is 5.76. The molecule has 0 unspecified atom stereocenters. The number of carbonyl (C=O) groups is 2. The van der Waals surface area contributed by atoms with Gasteiger partial charge in [-0.2, -0.15) is 18.3 Å². The number of fused-ring (bicyclic) bond motifs is 1. The molecule has 7 nitrogen and oxygen atoms in total. The molecule has 37 heavy (non-hydrogen) atoms. The minimum atomic E-state index is -4.63. The summed E-state index contributed by atoms with van der Waals surface area (Å²) in [6.45, 7) is 3.09. The van der Waals surface area contributed by atoms with E-state index < -0.39 is 60.4 Å². The number of carbonyl (C=O) groups excluding carboxylic acids is 2. The molecule has 1 aromatic carbocycles. The highest BCUT2D eigenvalue weighted by Gasteiger charge is 2.46. The first-order valence-corrected chi connectivity index (χ1v) is 11.2. The molecule has 5 rings (SSSR count). The van der Waals surface area contributed by atoms with E-state index in [4.69, 9.17) is 0 Å². The molecule has 0 bridgehead atoms. The number of halogens is 6. The number of aromatic nitrogens is 3. The molecule has 1 aliphatic carbocycles. The summed E-state index contributed by atoms with van der Waals surface area (Å²) in [4.78, 5) is 29.6. The van der Waals surface area contributed by atoms with Crippen LogP contribution >= 0.6 is 0 Å². The summed E-state index contributed by atoms with van der Waals surface area (Å²) in [6.07, 6.45) is -4.58. The van der Waals surface area contributed by atoms with E-state index in [0.717, 1.165) is 12.3 Å². The van der Waals surface area contributed by atoms with Gasteiger partial charge in [0.15, 0.2) is 5.83 Å². The minimum absolute atomic E-state index is 0.0497. The van der Waals surface area contributed by atoms with E-state index in [1.54, 1.807) is 12.1 Å². The molecule has 1 saturated heterocycles. The van der Waals surface area contributed by atoms with E-state index >= 15 is 0 Å². The predicted octanol–water partition coefficient (Wildman–Crippen LogP) is 4.51. The van der Waals surface area contributed by atoms with Gasteiger partial charge in [-0.05, 0) is 18.2 Å². The van der Waals surface area contributed by atoms with Crippen molar-refractivity contribution in [3.63, 3.8) is 0 Å².